The van der Waals surface area contributed by atoms with E-state index in [-0.39, 0.29) is 0 Å². The van der Waals surface area contributed by atoms with E-state index in [2.05, 4.69) is 30.8 Å². The van der Waals surface area contributed by atoms with Crippen LogP contribution in [0.15, 0.2) is 30.8 Å². The predicted octanol–water partition coefficient (Wildman–Crippen LogP) is 3.60. The summed E-state index contributed by atoms with van der Waals surface area (Å²) in [7, 11) is 0. The molecule has 0 amide bonds. The molecule has 0 N–H and O–H groups in total. The van der Waals surface area contributed by atoms with Gasteiger partial charge in [-0.1, -0.05) is 43.3 Å². The highest BCUT2D eigenvalue weighted by Gasteiger charge is 2.18. The van der Waals surface area contributed by atoms with Crippen LogP contribution in [0.5, 0.6) is 0 Å². The second-order valence-electron chi connectivity index (χ2n) is 3.50. The number of rotatable bonds is 2. The predicted molar refractivity (Wildman–Crippen MR) is 53.1 cm³/mol. The standard InChI is InChI=1S/C12H14/c1-2-10-6-8-12(9-7-10)11-4-3-5-11/h2,6-9,11H,1,3-5H2. The molecule has 0 heteroatoms. The Kier molecular flexibility index (Phi) is 1.99. The molecule has 0 spiro atoms. The van der Waals surface area contributed by atoms with Gasteiger partial charge in [0.05, 0.1) is 0 Å². The van der Waals surface area contributed by atoms with Gasteiger partial charge in [-0.3, -0.25) is 0 Å². The molecule has 2 rings (SSSR count). The van der Waals surface area contributed by atoms with Gasteiger partial charge in [0.25, 0.3) is 0 Å². The lowest BCUT2D eigenvalue weighted by atomic mass is 9.80. The minimum absolute atomic E-state index is 0.851. The Labute approximate surface area is 73.9 Å². The highest BCUT2D eigenvalue weighted by molar-refractivity contribution is 5.47. The van der Waals surface area contributed by atoms with E-state index in [0.29, 0.717) is 0 Å². The molecule has 0 radical (unpaired) electrons. The fourth-order valence-electron chi connectivity index (χ4n) is 1.65. The molecule has 1 aromatic carbocycles. The van der Waals surface area contributed by atoms with Crippen LogP contribution in [-0.4, -0.2) is 0 Å². The van der Waals surface area contributed by atoms with Crippen molar-refractivity contribution in [1.29, 1.82) is 0 Å². The van der Waals surface area contributed by atoms with Gasteiger partial charge in [0.15, 0.2) is 0 Å². The molecule has 12 heavy (non-hydrogen) atoms. The van der Waals surface area contributed by atoms with Gasteiger partial charge in [0.1, 0.15) is 0 Å². The van der Waals surface area contributed by atoms with Gasteiger partial charge in [-0.2, -0.15) is 0 Å². The zero-order valence-electron chi connectivity index (χ0n) is 7.29. The summed E-state index contributed by atoms with van der Waals surface area (Å²) in [5.74, 6) is 0.851. The van der Waals surface area contributed by atoms with Crippen LogP contribution in [0.25, 0.3) is 6.08 Å². The van der Waals surface area contributed by atoms with E-state index in [0.717, 1.165) is 5.92 Å². The zero-order chi connectivity index (χ0) is 8.39. The zero-order valence-corrected chi connectivity index (χ0v) is 7.29. The lowest BCUT2D eigenvalue weighted by molar-refractivity contribution is 0.420. The maximum atomic E-state index is 3.74. The summed E-state index contributed by atoms with van der Waals surface area (Å²) in [4.78, 5) is 0. The number of benzene rings is 1. The fourth-order valence-corrected chi connectivity index (χ4v) is 1.65. The summed E-state index contributed by atoms with van der Waals surface area (Å²) in [5.41, 5.74) is 2.73. The molecule has 1 aliphatic rings. The summed E-state index contributed by atoms with van der Waals surface area (Å²) in [6.07, 6.45) is 6.07. The third kappa shape index (κ3) is 1.29. The third-order valence-electron chi connectivity index (χ3n) is 2.75. The van der Waals surface area contributed by atoms with Crippen LogP contribution >= 0.6 is 0 Å². The van der Waals surface area contributed by atoms with Crippen LogP contribution in [0.1, 0.15) is 36.3 Å². The molecule has 1 aliphatic carbocycles. The lowest BCUT2D eigenvalue weighted by Gasteiger charge is -2.25. The van der Waals surface area contributed by atoms with Crippen LogP contribution in [0, 0.1) is 0 Å². The van der Waals surface area contributed by atoms with E-state index < -0.39 is 0 Å². The summed E-state index contributed by atoms with van der Waals surface area (Å²) in [5, 5.41) is 0. The van der Waals surface area contributed by atoms with Crippen molar-refractivity contribution in [2.45, 2.75) is 25.2 Å². The quantitative estimate of drug-likeness (QED) is 0.617. The summed E-state index contributed by atoms with van der Waals surface area (Å²) < 4.78 is 0. The van der Waals surface area contributed by atoms with Gasteiger partial charge >= 0.3 is 0 Å². The Balaban J connectivity index is 2.18. The molecule has 0 aromatic heterocycles. The van der Waals surface area contributed by atoms with E-state index in [1.165, 1.54) is 30.4 Å². The molecule has 1 saturated carbocycles. The Morgan fingerprint density at radius 1 is 1.17 bits per heavy atom. The topological polar surface area (TPSA) is 0 Å². The van der Waals surface area contributed by atoms with Gasteiger partial charge in [-0.15, -0.1) is 0 Å². The molecule has 0 nitrogen and oxygen atoms in total. The maximum absolute atomic E-state index is 3.74. The Morgan fingerprint density at radius 3 is 2.25 bits per heavy atom. The van der Waals surface area contributed by atoms with Crippen molar-refractivity contribution in [2.75, 3.05) is 0 Å². The van der Waals surface area contributed by atoms with Crippen molar-refractivity contribution in [3.05, 3.63) is 42.0 Å². The second-order valence-corrected chi connectivity index (χ2v) is 3.50. The van der Waals surface area contributed by atoms with E-state index in [1.54, 1.807) is 0 Å². The molecule has 0 unspecified atom stereocenters. The SMILES string of the molecule is C=Cc1ccc(C2CCC2)cc1. The van der Waals surface area contributed by atoms with E-state index in [1.807, 2.05) is 6.08 Å². The van der Waals surface area contributed by atoms with Crippen molar-refractivity contribution in [1.82, 2.24) is 0 Å². The van der Waals surface area contributed by atoms with Crippen molar-refractivity contribution in [3.8, 4) is 0 Å². The van der Waals surface area contributed by atoms with Crippen LogP contribution in [0.3, 0.4) is 0 Å². The highest BCUT2D eigenvalue weighted by Crippen LogP contribution is 2.36. The largest absolute Gasteiger partial charge is 0.0985 e. The summed E-state index contributed by atoms with van der Waals surface area (Å²) in [6, 6.07) is 8.78. The molecule has 0 heterocycles. The van der Waals surface area contributed by atoms with Crippen molar-refractivity contribution in [2.24, 2.45) is 0 Å². The third-order valence-corrected chi connectivity index (χ3v) is 2.75. The van der Waals surface area contributed by atoms with Gasteiger partial charge in [-0.05, 0) is 29.9 Å². The Bertz CT molecular complexity index is 265. The van der Waals surface area contributed by atoms with Gasteiger partial charge in [0.2, 0.25) is 0 Å². The van der Waals surface area contributed by atoms with Crippen molar-refractivity contribution in [3.63, 3.8) is 0 Å². The van der Waals surface area contributed by atoms with Crippen molar-refractivity contribution >= 4 is 6.08 Å². The fraction of sp³-hybridized carbons (Fsp3) is 0.333. The molecule has 0 saturated heterocycles. The Morgan fingerprint density at radius 2 is 1.83 bits per heavy atom. The first kappa shape index (κ1) is 7.60. The molecule has 0 aliphatic heterocycles. The summed E-state index contributed by atoms with van der Waals surface area (Å²) >= 11 is 0. The van der Waals surface area contributed by atoms with Crippen LogP contribution in [0.4, 0.5) is 0 Å². The minimum atomic E-state index is 0.851. The molecular formula is C12H14. The van der Waals surface area contributed by atoms with E-state index in [4.69, 9.17) is 0 Å². The first-order valence-electron chi connectivity index (χ1n) is 4.62. The minimum Gasteiger partial charge on any atom is -0.0985 e. The molecule has 1 fully saturated rings. The molecule has 0 atom stereocenters. The maximum Gasteiger partial charge on any atom is -0.0162 e. The van der Waals surface area contributed by atoms with Gasteiger partial charge in [-0.25, -0.2) is 0 Å². The molecule has 0 bridgehead atoms. The molecular weight excluding hydrogens is 144 g/mol. The van der Waals surface area contributed by atoms with E-state index >= 15 is 0 Å². The Hall–Kier alpha value is -1.04. The number of hydrogen-bond donors (Lipinski definition) is 0. The van der Waals surface area contributed by atoms with Crippen molar-refractivity contribution < 1.29 is 0 Å². The van der Waals surface area contributed by atoms with Crippen LogP contribution < -0.4 is 0 Å². The highest BCUT2D eigenvalue weighted by atomic mass is 14.2. The van der Waals surface area contributed by atoms with E-state index in [9.17, 15) is 0 Å². The summed E-state index contributed by atoms with van der Waals surface area (Å²) in [6.45, 7) is 3.74. The first-order chi connectivity index (χ1) is 5.90. The first-order valence-corrected chi connectivity index (χ1v) is 4.62. The van der Waals surface area contributed by atoms with Gasteiger partial charge in [0, 0.05) is 0 Å². The monoisotopic (exact) mass is 158 g/mol. The lowest BCUT2D eigenvalue weighted by Crippen LogP contribution is -2.08. The van der Waals surface area contributed by atoms with Crippen LogP contribution in [0.2, 0.25) is 0 Å². The van der Waals surface area contributed by atoms with Gasteiger partial charge < -0.3 is 0 Å². The average Bonchev–Trinajstić information content (AvgIpc) is 2.03. The van der Waals surface area contributed by atoms with Crippen LogP contribution in [-0.2, 0) is 0 Å². The average molecular weight is 158 g/mol. The smallest absolute Gasteiger partial charge is 0.0162 e. The normalized spacial score (nSPS) is 17.0. The number of hydrogen-bond acceptors (Lipinski definition) is 0. The molecule has 1 aromatic rings. The molecule has 62 valence electrons. The second kappa shape index (κ2) is 3.14.